The molecule has 2 rings (SSSR count). The van der Waals surface area contributed by atoms with Gasteiger partial charge in [0.25, 0.3) is 0 Å². The largest absolute Gasteiger partial charge is 0.342 e. The Hall–Kier alpha value is 0.550. The van der Waals surface area contributed by atoms with Gasteiger partial charge in [0.1, 0.15) is 11.8 Å². The topological polar surface area (TPSA) is 54.5 Å². The number of aromatic nitrogens is 4. The molecule has 0 aromatic carbocycles. The average Bonchev–Trinajstić information content (AvgIpc) is 2.33. The Morgan fingerprint density at radius 3 is 2.73 bits per heavy atom. The third-order valence-electron chi connectivity index (χ3n) is 1.10. The Morgan fingerprint density at radius 1 is 1.18 bits per heavy atom. The molecular weight excluding hydrogens is 162 g/mol. The van der Waals surface area contributed by atoms with Gasteiger partial charge in [0.05, 0.1) is 12.5 Å². The van der Waals surface area contributed by atoms with Crippen LogP contribution in [0.4, 0.5) is 0 Å². The van der Waals surface area contributed by atoms with Crippen LogP contribution in [0, 0.1) is 0 Å². The van der Waals surface area contributed by atoms with Crippen molar-refractivity contribution in [3.05, 3.63) is 18.9 Å². The van der Waals surface area contributed by atoms with Crippen molar-refractivity contribution in [2.75, 3.05) is 0 Å². The molecule has 0 atom stereocenters. The number of hydrogen-bond acceptors (Lipinski definition) is 3. The number of nitrogens with one attached hydrogen (secondary N) is 1. The van der Waals surface area contributed by atoms with Crippen LogP contribution in [0.1, 0.15) is 0 Å². The van der Waals surface area contributed by atoms with Crippen LogP contribution in [0.25, 0.3) is 11.2 Å². The van der Waals surface area contributed by atoms with E-state index in [-0.39, 0.29) is 59.1 Å². The smallest absolute Gasteiger partial charge is 0.180 e. The first-order valence-electron chi connectivity index (χ1n) is 2.56. The maximum atomic E-state index is 3.91. The number of aromatic amines is 1. The van der Waals surface area contributed by atoms with Gasteiger partial charge in [-0.05, 0) is 0 Å². The number of imidazole rings is 1. The van der Waals surface area contributed by atoms with Gasteiger partial charge >= 0.3 is 0 Å². The predicted molar refractivity (Wildman–Crippen MR) is 43.2 cm³/mol. The summed E-state index contributed by atoms with van der Waals surface area (Å²) >= 11 is 0. The first kappa shape index (κ1) is 11.6. The van der Waals surface area contributed by atoms with Crippen molar-refractivity contribution in [1.82, 2.24) is 19.9 Å². The molecule has 4 nitrogen and oxygen atoms in total. The molecule has 0 saturated carbocycles. The van der Waals surface area contributed by atoms with E-state index in [1.165, 1.54) is 6.33 Å². The molecule has 2 radical (unpaired) electrons. The van der Waals surface area contributed by atoms with Crippen LogP contribution in [-0.4, -0.2) is 79.1 Å². The zero-order valence-electron chi connectivity index (χ0n) is 6.57. The standard InChI is InChI=1S/C5H4N4.2Na/c1-4-5(8-2-6-1)9-3-7-4;;/h1-3H,(H,6,7,8,9);;. The Bertz CT molecular complexity index is 290. The molecule has 11 heavy (non-hydrogen) atoms. The summed E-state index contributed by atoms with van der Waals surface area (Å²) in [5.74, 6) is 0. The fourth-order valence-corrected chi connectivity index (χ4v) is 0.691. The van der Waals surface area contributed by atoms with Gasteiger partial charge in [0.15, 0.2) is 5.65 Å². The minimum absolute atomic E-state index is 0. The summed E-state index contributed by atoms with van der Waals surface area (Å²) in [4.78, 5) is 14.5. The monoisotopic (exact) mass is 166 g/mol. The predicted octanol–water partition coefficient (Wildman–Crippen LogP) is -0.409. The van der Waals surface area contributed by atoms with Gasteiger partial charge in [0, 0.05) is 59.1 Å². The van der Waals surface area contributed by atoms with Crippen LogP contribution >= 0.6 is 0 Å². The van der Waals surface area contributed by atoms with Gasteiger partial charge in [-0.25, -0.2) is 15.0 Å². The van der Waals surface area contributed by atoms with Crippen LogP contribution < -0.4 is 0 Å². The van der Waals surface area contributed by atoms with Gasteiger partial charge in [-0.15, -0.1) is 0 Å². The number of hydrogen-bond donors (Lipinski definition) is 1. The first-order valence-corrected chi connectivity index (χ1v) is 2.56. The van der Waals surface area contributed by atoms with Crippen molar-refractivity contribution in [2.24, 2.45) is 0 Å². The molecule has 46 valence electrons. The van der Waals surface area contributed by atoms with Crippen LogP contribution in [0.2, 0.25) is 0 Å². The summed E-state index contributed by atoms with van der Waals surface area (Å²) < 4.78 is 0. The van der Waals surface area contributed by atoms with Gasteiger partial charge in [-0.1, -0.05) is 0 Å². The van der Waals surface area contributed by atoms with Crippen LogP contribution in [-0.2, 0) is 0 Å². The third-order valence-corrected chi connectivity index (χ3v) is 1.10. The fraction of sp³-hybridized carbons (Fsp3) is 0. The maximum absolute atomic E-state index is 3.91. The van der Waals surface area contributed by atoms with Crippen molar-refractivity contribution < 1.29 is 0 Å². The normalized spacial score (nSPS) is 8.36. The molecular formula is C5H4N4Na2. The molecule has 0 aliphatic heterocycles. The second-order valence-corrected chi connectivity index (χ2v) is 1.66. The van der Waals surface area contributed by atoms with Crippen LogP contribution in [0.3, 0.4) is 0 Å². The number of rotatable bonds is 0. The molecule has 0 spiro atoms. The quantitative estimate of drug-likeness (QED) is 0.541. The second kappa shape index (κ2) is 5.24. The number of nitrogens with zero attached hydrogens (tertiary/aromatic N) is 3. The maximum Gasteiger partial charge on any atom is 0.180 e. The van der Waals surface area contributed by atoms with E-state index in [9.17, 15) is 0 Å². The average molecular weight is 166 g/mol. The minimum atomic E-state index is 0. The zero-order valence-corrected chi connectivity index (χ0v) is 10.6. The van der Waals surface area contributed by atoms with E-state index in [0.717, 1.165) is 5.52 Å². The molecule has 0 unspecified atom stereocenters. The summed E-state index contributed by atoms with van der Waals surface area (Å²) in [5.41, 5.74) is 1.59. The van der Waals surface area contributed by atoms with E-state index in [1.807, 2.05) is 0 Å². The van der Waals surface area contributed by atoms with E-state index in [2.05, 4.69) is 19.9 Å². The van der Waals surface area contributed by atoms with Gasteiger partial charge in [-0.2, -0.15) is 0 Å². The molecule has 2 aromatic rings. The number of fused-ring (bicyclic) bond motifs is 1. The van der Waals surface area contributed by atoms with Gasteiger partial charge < -0.3 is 4.98 Å². The molecule has 0 fully saturated rings. The van der Waals surface area contributed by atoms with Crippen molar-refractivity contribution >= 4 is 70.3 Å². The molecule has 0 aliphatic rings. The molecule has 2 aromatic heterocycles. The van der Waals surface area contributed by atoms with E-state index < -0.39 is 0 Å². The summed E-state index contributed by atoms with van der Waals surface area (Å²) in [6.45, 7) is 0. The zero-order chi connectivity index (χ0) is 6.10. The van der Waals surface area contributed by atoms with Gasteiger partial charge in [-0.3, -0.25) is 0 Å². The Morgan fingerprint density at radius 2 is 2.00 bits per heavy atom. The summed E-state index contributed by atoms with van der Waals surface area (Å²) in [7, 11) is 0. The summed E-state index contributed by atoms with van der Waals surface area (Å²) in [5, 5.41) is 0. The van der Waals surface area contributed by atoms with E-state index >= 15 is 0 Å². The van der Waals surface area contributed by atoms with Crippen LogP contribution in [0.15, 0.2) is 18.9 Å². The molecule has 6 heteroatoms. The summed E-state index contributed by atoms with van der Waals surface area (Å²) in [6.07, 6.45) is 4.76. The second-order valence-electron chi connectivity index (χ2n) is 1.66. The summed E-state index contributed by atoms with van der Waals surface area (Å²) in [6, 6.07) is 0. The van der Waals surface area contributed by atoms with Crippen molar-refractivity contribution in [3.8, 4) is 0 Å². The number of H-pyrrole nitrogens is 1. The Labute approximate surface area is 108 Å². The van der Waals surface area contributed by atoms with E-state index in [1.54, 1.807) is 12.5 Å². The van der Waals surface area contributed by atoms with Crippen molar-refractivity contribution in [2.45, 2.75) is 0 Å². The Kier molecular flexibility index (Phi) is 5.50. The SMILES string of the molecule is [Na].[Na].c1ncc2[nH]cnc2n1. The molecule has 0 bridgehead atoms. The molecule has 1 N–H and O–H groups in total. The van der Waals surface area contributed by atoms with Crippen molar-refractivity contribution in [3.63, 3.8) is 0 Å². The van der Waals surface area contributed by atoms with E-state index in [4.69, 9.17) is 0 Å². The fourth-order valence-electron chi connectivity index (χ4n) is 0.691. The van der Waals surface area contributed by atoms with Crippen LogP contribution in [0.5, 0.6) is 0 Å². The molecule has 0 amide bonds. The van der Waals surface area contributed by atoms with Crippen molar-refractivity contribution in [1.29, 1.82) is 0 Å². The molecule has 0 saturated heterocycles. The minimum Gasteiger partial charge on any atom is -0.342 e. The molecule has 2 heterocycles. The molecule has 0 aliphatic carbocycles. The van der Waals surface area contributed by atoms with Gasteiger partial charge in [0.2, 0.25) is 0 Å². The first-order chi connectivity index (χ1) is 4.47. The third kappa shape index (κ3) is 2.50. The Balaban J connectivity index is 0.000000500. The van der Waals surface area contributed by atoms with E-state index in [0.29, 0.717) is 5.65 Å².